The maximum Gasteiger partial charge on any atom is 0.128 e. The summed E-state index contributed by atoms with van der Waals surface area (Å²) in [5, 5.41) is 14.0. The molecule has 0 saturated carbocycles. The number of nitrogens with one attached hydrogen (secondary N) is 1. The number of piperidine rings is 1. The van der Waals surface area contributed by atoms with Crippen LogP contribution in [0.4, 0.5) is 0 Å². The van der Waals surface area contributed by atoms with Crippen LogP contribution in [0, 0.1) is 5.92 Å². The van der Waals surface area contributed by atoms with E-state index in [0.29, 0.717) is 18.2 Å². The Morgan fingerprint density at radius 1 is 1.35 bits per heavy atom. The van der Waals surface area contributed by atoms with E-state index in [1.54, 1.807) is 14.2 Å². The number of aliphatic hydroxyl groups excluding tert-OH is 1. The number of rotatable bonds is 5. The minimum Gasteiger partial charge on any atom is -0.497 e. The van der Waals surface area contributed by atoms with Crippen LogP contribution in [0.25, 0.3) is 0 Å². The Morgan fingerprint density at radius 2 is 2.15 bits per heavy atom. The van der Waals surface area contributed by atoms with Crippen molar-refractivity contribution >= 4 is 0 Å². The van der Waals surface area contributed by atoms with Gasteiger partial charge in [-0.3, -0.25) is 0 Å². The van der Waals surface area contributed by atoms with E-state index >= 15 is 0 Å². The Morgan fingerprint density at radius 3 is 2.80 bits per heavy atom. The molecule has 1 aromatic carbocycles. The van der Waals surface area contributed by atoms with Crippen LogP contribution in [0.2, 0.25) is 0 Å². The normalized spacial score (nSPS) is 24.2. The van der Waals surface area contributed by atoms with Gasteiger partial charge in [0.15, 0.2) is 0 Å². The van der Waals surface area contributed by atoms with Crippen molar-refractivity contribution < 1.29 is 14.6 Å². The van der Waals surface area contributed by atoms with Crippen molar-refractivity contribution in [3.63, 3.8) is 0 Å². The molecule has 0 radical (unpaired) electrons. The highest BCUT2D eigenvalue weighted by Crippen LogP contribution is 2.32. The van der Waals surface area contributed by atoms with Crippen LogP contribution in [0.1, 0.15) is 37.9 Å². The van der Waals surface area contributed by atoms with Crippen molar-refractivity contribution in [2.24, 2.45) is 5.92 Å². The highest BCUT2D eigenvalue weighted by molar-refractivity contribution is 5.42. The van der Waals surface area contributed by atoms with Crippen LogP contribution < -0.4 is 14.8 Å². The number of aliphatic hydroxyl groups is 1. The van der Waals surface area contributed by atoms with Crippen LogP contribution in [-0.2, 0) is 0 Å². The fraction of sp³-hybridized carbons (Fsp3) is 0.625. The molecule has 1 aliphatic rings. The molecule has 0 spiro atoms. The van der Waals surface area contributed by atoms with Gasteiger partial charge in [0.25, 0.3) is 0 Å². The number of ether oxygens (including phenoxy) is 2. The summed E-state index contributed by atoms with van der Waals surface area (Å²) in [6, 6.07) is 5.93. The minimum atomic E-state index is -0.515. The fourth-order valence-electron chi connectivity index (χ4n) is 2.89. The van der Waals surface area contributed by atoms with E-state index in [9.17, 15) is 5.11 Å². The first-order valence-corrected chi connectivity index (χ1v) is 7.27. The monoisotopic (exact) mass is 279 g/mol. The molecule has 20 heavy (non-hydrogen) atoms. The maximum absolute atomic E-state index is 10.5. The molecule has 0 aromatic heterocycles. The van der Waals surface area contributed by atoms with Crippen molar-refractivity contribution in [3.05, 3.63) is 23.8 Å². The van der Waals surface area contributed by atoms with Crippen LogP contribution in [0.15, 0.2) is 18.2 Å². The van der Waals surface area contributed by atoms with Gasteiger partial charge in [0, 0.05) is 17.7 Å². The number of hydrogen-bond acceptors (Lipinski definition) is 4. The van der Waals surface area contributed by atoms with Crippen molar-refractivity contribution in [3.8, 4) is 11.5 Å². The molecular weight excluding hydrogens is 254 g/mol. The molecule has 4 heteroatoms. The lowest BCUT2D eigenvalue weighted by molar-refractivity contribution is 0.135. The second-order valence-corrected chi connectivity index (χ2v) is 5.64. The molecule has 1 fully saturated rings. The zero-order chi connectivity index (χ0) is 14.5. The molecule has 1 aromatic rings. The third-order valence-corrected chi connectivity index (χ3v) is 4.06. The average Bonchev–Trinajstić information content (AvgIpc) is 2.46. The van der Waals surface area contributed by atoms with Gasteiger partial charge in [0.05, 0.1) is 20.3 Å². The summed E-state index contributed by atoms with van der Waals surface area (Å²) in [7, 11) is 3.24. The van der Waals surface area contributed by atoms with E-state index in [2.05, 4.69) is 12.2 Å². The summed E-state index contributed by atoms with van der Waals surface area (Å²) >= 11 is 0. The second kappa shape index (κ2) is 6.95. The second-order valence-electron chi connectivity index (χ2n) is 5.64. The van der Waals surface area contributed by atoms with Gasteiger partial charge in [-0.15, -0.1) is 0 Å². The summed E-state index contributed by atoms with van der Waals surface area (Å²) < 4.78 is 10.5. The molecule has 0 bridgehead atoms. The predicted octanol–water partition coefficient (Wildman–Crippen LogP) is 2.52. The minimum absolute atomic E-state index is 0.376. The summed E-state index contributed by atoms with van der Waals surface area (Å²) in [6.45, 7) is 3.31. The number of benzene rings is 1. The smallest absolute Gasteiger partial charge is 0.128 e. The molecular formula is C16H25NO3. The molecule has 2 rings (SSSR count). The van der Waals surface area contributed by atoms with Crippen molar-refractivity contribution in [2.75, 3.05) is 20.8 Å². The molecule has 3 atom stereocenters. The lowest BCUT2D eigenvalue weighted by Gasteiger charge is -2.30. The molecule has 0 amide bonds. The van der Waals surface area contributed by atoms with Crippen molar-refractivity contribution in [1.29, 1.82) is 0 Å². The van der Waals surface area contributed by atoms with Gasteiger partial charge in [-0.05, 0) is 43.9 Å². The number of hydrogen-bond donors (Lipinski definition) is 2. The molecule has 112 valence electrons. The standard InChI is InChI=1S/C16H25NO3/c1-11-6-7-17-12(8-11)9-15(18)14-5-4-13(19-2)10-16(14)20-3/h4-5,10-12,15,17-18H,6-9H2,1-3H3. The Bertz CT molecular complexity index is 436. The Balaban J connectivity index is 2.06. The Hall–Kier alpha value is -1.26. The molecule has 1 heterocycles. The third-order valence-electron chi connectivity index (χ3n) is 4.06. The Labute approximate surface area is 121 Å². The van der Waals surface area contributed by atoms with Gasteiger partial charge in [0.1, 0.15) is 11.5 Å². The fourth-order valence-corrected chi connectivity index (χ4v) is 2.89. The van der Waals surface area contributed by atoms with E-state index < -0.39 is 6.10 Å². The van der Waals surface area contributed by atoms with Crippen LogP contribution in [-0.4, -0.2) is 31.9 Å². The molecule has 2 N–H and O–H groups in total. The zero-order valence-electron chi connectivity index (χ0n) is 12.6. The Kier molecular flexibility index (Phi) is 5.26. The predicted molar refractivity (Wildman–Crippen MR) is 79.3 cm³/mol. The molecule has 1 saturated heterocycles. The SMILES string of the molecule is COc1ccc(C(O)CC2CC(C)CCN2)c(OC)c1. The first kappa shape index (κ1) is 15.1. The van der Waals surface area contributed by atoms with Crippen LogP contribution in [0.3, 0.4) is 0 Å². The molecule has 4 nitrogen and oxygen atoms in total. The molecule has 0 aliphatic carbocycles. The average molecular weight is 279 g/mol. The van der Waals surface area contributed by atoms with Gasteiger partial charge in [-0.1, -0.05) is 6.92 Å². The maximum atomic E-state index is 10.5. The van der Waals surface area contributed by atoms with Crippen molar-refractivity contribution in [2.45, 2.75) is 38.3 Å². The first-order chi connectivity index (χ1) is 9.63. The van der Waals surface area contributed by atoms with Gasteiger partial charge >= 0.3 is 0 Å². The summed E-state index contributed by atoms with van der Waals surface area (Å²) in [6.07, 6.45) is 2.54. The van der Waals surface area contributed by atoms with E-state index in [1.807, 2.05) is 18.2 Å². The first-order valence-electron chi connectivity index (χ1n) is 7.27. The zero-order valence-corrected chi connectivity index (χ0v) is 12.6. The lowest BCUT2D eigenvalue weighted by atomic mass is 9.89. The van der Waals surface area contributed by atoms with Crippen molar-refractivity contribution in [1.82, 2.24) is 5.32 Å². The summed E-state index contributed by atoms with van der Waals surface area (Å²) in [5.41, 5.74) is 0.827. The highest BCUT2D eigenvalue weighted by Gasteiger charge is 2.23. The lowest BCUT2D eigenvalue weighted by Crippen LogP contribution is -2.38. The quantitative estimate of drug-likeness (QED) is 0.869. The van der Waals surface area contributed by atoms with Gasteiger partial charge in [0.2, 0.25) is 0 Å². The third kappa shape index (κ3) is 3.64. The van der Waals surface area contributed by atoms with E-state index in [4.69, 9.17) is 9.47 Å². The van der Waals surface area contributed by atoms with Gasteiger partial charge in [-0.25, -0.2) is 0 Å². The molecule has 1 aliphatic heterocycles. The van der Waals surface area contributed by atoms with E-state index in [0.717, 1.165) is 30.2 Å². The van der Waals surface area contributed by atoms with Crippen LogP contribution in [0.5, 0.6) is 11.5 Å². The van der Waals surface area contributed by atoms with Crippen LogP contribution >= 0.6 is 0 Å². The van der Waals surface area contributed by atoms with E-state index in [-0.39, 0.29) is 0 Å². The largest absolute Gasteiger partial charge is 0.497 e. The van der Waals surface area contributed by atoms with E-state index in [1.165, 1.54) is 6.42 Å². The van der Waals surface area contributed by atoms with Gasteiger partial charge in [-0.2, -0.15) is 0 Å². The summed E-state index contributed by atoms with van der Waals surface area (Å²) in [5.74, 6) is 2.15. The molecule has 3 unspecified atom stereocenters. The summed E-state index contributed by atoms with van der Waals surface area (Å²) in [4.78, 5) is 0. The topological polar surface area (TPSA) is 50.7 Å². The highest BCUT2D eigenvalue weighted by atomic mass is 16.5. The van der Waals surface area contributed by atoms with Gasteiger partial charge < -0.3 is 19.9 Å². The number of methoxy groups -OCH3 is 2.